The van der Waals surface area contributed by atoms with Gasteiger partial charge in [-0.05, 0) is 41.3 Å². The van der Waals surface area contributed by atoms with Crippen molar-refractivity contribution in [2.75, 3.05) is 11.9 Å². The first-order valence-electron chi connectivity index (χ1n) is 3.88. The van der Waals surface area contributed by atoms with E-state index in [9.17, 15) is 0 Å². The summed E-state index contributed by atoms with van der Waals surface area (Å²) in [6.07, 6.45) is 3.88. The van der Waals surface area contributed by atoms with E-state index in [1.54, 1.807) is 0 Å². The van der Waals surface area contributed by atoms with Crippen molar-refractivity contribution < 1.29 is 0 Å². The van der Waals surface area contributed by atoms with E-state index in [-0.39, 0.29) is 0 Å². The lowest BCUT2D eigenvalue weighted by atomic mass is 10.2. The van der Waals surface area contributed by atoms with Crippen molar-refractivity contribution in [3.8, 4) is 0 Å². The van der Waals surface area contributed by atoms with Crippen LogP contribution in [0.3, 0.4) is 0 Å². The molecule has 1 N–H and O–H groups in total. The van der Waals surface area contributed by atoms with E-state index in [4.69, 9.17) is 0 Å². The van der Waals surface area contributed by atoms with Gasteiger partial charge in [0.1, 0.15) is 0 Å². The van der Waals surface area contributed by atoms with Gasteiger partial charge in [0.2, 0.25) is 0 Å². The van der Waals surface area contributed by atoms with Crippen LogP contribution in [-0.2, 0) is 6.42 Å². The molecule has 0 aromatic carbocycles. The van der Waals surface area contributed by atoms with Crippen molar-refractivity contribution in [3.63, 3.8) is 0 Å². The highest BCUT2D eigenvalue weighted by molar-refractivity contribution is 9.11. The van der Waals surface area contributed by atoms with Gasteiger partial charge < -0.3 is 5.32 Å². The van der Waals surface area contributed by atoms with Crippen LogP contribution in [0.25, 0.3) is 0 Å². The number of aryl methyl sites for hydroxylation is 1. The van der Waals surface area contributed by atoms with Crippen LogP contribution >= 0.6 is 27.3 Å². The van der Waals surface area contributed by atoms with Gasteiger partial charge in [0.15, 0.2) is 0 Å². The molecular formula is C8H10BrNS. The third-order valence-corrected chi connectivity index (χ3v) is 3.62. The summed E-state index contributed by atoms with van der Waals surface area (Å²) >= 11 is 5.35. The zero-order valence-electron chi connectivity index (χ0n) is 6.19. The molecule has 3 heteroatoms. The van der Waals surface area contributed by atoms with Crippen molar-refractivity contribution in [1.29, 1.82) is 0 Å². The van der Waals surface area contributed by atoms with Gasteiger partial charge in [-0.1, -0.05) is 0 Å². The van der Waals surface area contributed by atoms with E-state index in [1.165, 1.54) is 33.6 Å². The molecule has 1 aliphatic heterocycles. The lowest BCUT2D eigenvalue weighted by molar-refractivity contribution is 0.790. The molecule has 0 unspecified atom stereocenters. The summed E-state index contributed by atoms with van der Waals surface area (Å²) in [7, 11) is 0. The predicted octanol–water partition coefficient (Wildman–Crippen LogP) is 3.26. The van der Waals surface area contributed by atoms with Crippen LogP contribution in [0.5, 0.6) is 0 Å². The molecule has 0 aliphatic carbocycles. The van der Waals surface area contributed by atoms with E-state index < -0.39 is 0 Å². The number of fused-ring (bicyclic) bond motifs is 1. The third-order valence-electron chi connectivity index (χ3n) is 1.92. The summed E-state index contributed by atoms with van der Waals surface area (Å²) in [5.74, 6) is 0. The van der Waals surface area contributed by atoms with E-state index >= 15 is 0 Å². The van der Waals surface area contributed by atoms with Crippen LogP contribution in [0, 0.1) is 0 Å². The van der Waals surface area contributed by atoms with E-state index in [2.05, 4.69) is 27.3 Å². The molecule has 0 amide bonds. The zero-order valence-corrected chi connectivity index (χ0v) is 8.59. The van der Waals surface area contributed by atoms with Gasteiger partial charge in [-0.15, -0.1) is 11.3 Å². The fourth-order valence-corrected chi connectivity index (χ4v) is 3.08. The molecule has 0 spiro atoms. The maximum Gasteiger partial charge on any atom is 0.0722 e. The summed E-state index contributed by atoms with van der Waals surface area (Å²) in [6, 6.07) is 2.19. The largest absolute Gasteiger partial charge is 0.384 e. The molecule has 1 nitrogen and oxygen atoms in total. The number of nitrogens with one attached hydrogen (secondary N) is 1. The average molecular weight is 232 g/mol. The Morgan fingerprint density at radius 3 is 3.27 bits per heavy atom. The van der Waals surface area contributed by atoms with Gasteiger partial charge >= 0.3 is 0 Å². The highest BCUT2D eigenvalue weighted by Crippen LogP contribution is 2.33. The number of thiophene rings is 1. The van der Waals surface area contributed by atoms with Gasteiger partial charge in [-0.3, -0.25) is 0 Å². The topological polar surface area (TPSA) is 12.0 Å². The Labute approximate surface area is 78.9 Å². The van der Waals surface area contributed by atoms with Gasteiger partial charge in [-0.2, -0.15) is 0 Å². The highest BCUT2D eigenvalue weighted by atomic mass is 79.9. The van der Waals surface area contributed by atoms with Crippen molar-refractivity contribution >= 4 is 33.0 Å². The Hall–Kier alpha value is -0.0200. The van der Waals surface area contributed by atoms with Crippen LogP contribution in [0.4, 0.5) is 5.69 Å². The molecule has 0 bridgehead atoms. The van der Waals surface area contributed by atoms with Crippen LogP contribution in [-0.4, -0.2) is 6.54 Å². The van der Waals surface area contributed by atoms with Crippen LogP contribution in [0.1, 0.15) is 17.7 Å². The van der Waals surface area contributed by atoms with Gasteiger partial charge in [0.05, 0.1) is 3.79 Å². The second-order valence-corrected chi connectivity index (χ2v) is 5.29. The molecular weight excluding hydrogens is 222 g/mol. The van der Waals surface area contributed by atoms with Crippen molar-refractivity contribution in [2.45, 2.75) is 19.3 Å². The van der Waals surface area contributed by atoms with E-state index in [0.29, 0.717) is 0 Å². The third kappa shape index (κ3) is 1.59. The van der Waals surface area contributed by atoms with Crippen molar-refractivity contribution in [2.24, 2.45) is 0 Å². The summed E-state index contributed by atoms with van der Waals surface area (Å²) < 4.78 is 1.25. The van der Waals surface area contributed by atoms with Gasteiger partial charge in [0.25, 0.3) is 0 Å². The predicted molar refractivity (Wildman–Crippen MR) is 53.4 cm³/mol. The lowest BCUT2D eigenvalue weighted by Crippen LogP contribution is -1.97. The Balaban J connectivity index is 2.32. The molecule has 0 radical (unpaired) electrons. The summed E-state index contributed by atoms with van der Waals surface area (Å²) in [5, 5.41) is 3.43. The first-order valence-corrected chi connectivity index (χ1v) is 5.49. The summed E-state index contributed by atoms with van der Waals surface area (Å²) in [5.41, 5.74) is 1.35. The Morgan fingerprint density at radius 1 is 1.45 bits per heavy atom. The monoisotopic (exact) mass is 231 g/mol. The molecule has 60 valence electrons. The summed E-state index contributed by atoms with van der Waals surface area (Å²) in [6.45, 7) is 1.14. The normalized spacial score (nSPS) is 16.8. The molecule has 0 saturated heterocycles. The molecule has 1 aromatic heterocycles. The molecule has 0 fully saturated rings. The summed E-state index contributed by atoms with van der Waals surface area (Å²) in [4.78, 5) is 1.51. The van der Waals surface area contributed by atoms with Gasteiger partial charge in [-0.25, -0.2) is 0 Å². The van der Waals surface area contributed by atoms with Crippen molar-refractivity contribution in [1.82, 2.24) is 0 Å². The number of rotatable bonds is 0. The first-order chi connectivity index (χ1) is 5.36. The maximum atomic E-state index is 3.50. The second kappa shape index (κ2) is 3.15. The molecule has 1 aliphatic rings. The van der Waals surface area contributed by atoms with Crippen LogP contribution in [0.15, 0.2) is 9.85 Å². The smallest absolute Gasteiger partial charge is 0.0722 e. The number of anilines is 1. The number of halogens is 1. The quantitative estimate of drug-likeness (QED) is 0.723. The van der Waals surface area contributed by atoms with Crippen molar-refractivity contribution in [3.05, 3.63) is 14.7 Å². The number of hydrogen-bond acceptors (Lipinski definition) is 2. The maximum absolute atomic E-state index is 3.50. The fourth-order valence-electron chi connectivity index (χ4n) is 1.37. The van der Waals surface area contributed by atoms with E-state index in [0.717, 1.165) is 6.54 Å². The minimum atomic E-state index is 1.14. The molecule has 1 aromatic rings. The zero-order chi connectivity index (χ0) is 7.68. The SMILES string of the molecule is Brc1cc2c(s1)CCCCN2. The molecule has 11 heavy (non-hydrogen) atoms. The van der Waals surface area contributed by atoms with Gasteiger partial charge in [0, 0.05) is 17.1 Å². The minimum Gasteiger partial charge on any atom is -0.384 e. The molecule has 0 atom stereocenters. The molecule has 0 saturated carbocycles. The Bertz CT molecular complexity index is 233. The van der Waals surface area contributed by atoms with E-state index in [1.807, 2.05) is 11.3 Å². The highest BCUT2D eigenvalue weighted by Gasteiger charge is 2.09. The standard InChI is InChI=1S/C8H10BrNS/c9-8-5-6-7(11-8)3-1-2-4-10-6/h5,10H,1-4H2. The van der Waals surface area contributed by atoms with Crippen LogP contribution in [0.2, 0.25) is 0 Å². The minimum absolute atomic E-state index is 1.14. The number of hydrogen-bond donors (Lipinski definition) is 1. The molecule has 2 heterocycles. The van der Waals surface area contributed by atoms with Crippen LogP contribution < -0.4 is 5.32 Å². The lowest BCUT2D eigenvalue weighted by Gasteiger charge is -1.98. The Kier molecular flexibility index (Phi) is 2.18. The first kappa shape index (κ1) is 7.62. The Morgan fingerprint density at radius 2 is 2.36 bits per heavy atom. The average Bonchev–Trinajstić information content (AvgIpc) is 2.17. The fraction of sp³-hybridized carbons (Fsp3) is 0.500. The molecule has 2 rings (SSSR count). The second-order valence-electron chi connectivity index (χ2n) is 2.77.